The van der Waals surface area contributed by atoms with Gasteiger partial charge in [-0.05, 0) is 43.7 Å². The Morgan fingerprint density at radius 2 is 1.88 bits per heavy atom. The average Bonchev–Trinajstić information content (AvgIpc) is 3.34. The topological polar surface area (TPSA) is 63.4 Å². The van der Waals surface area contributed by atoms with Gasteiger partial charge in [0.05, 0.1) is 11.5 Å². The zero-order chi connectivity index (χ0) is 18.4. The van der Waals surface area contributed by atoms with Crippen molar-refractivity contribution in [3.63, 3.8) is 0 Å². The number of amides is 2. The molecule has 1 saturated heterocycles. The predicted octanol–water partition coefficient (Wildman–Crippen LogP) is 2.92. The maximum absolute atomic E-state index is 13.2. The van der Waals surface area contributed by atoms with Crippen LogP contribution in [0.3, 0.4) is 0 Å². The molecule has 0 spiro atoms. The summed E-state index contributed by atoms with van der Waals surface area (Å²) in [6.45, 7) is 2.16. The standard InChI is InChI=1S/C18H21F3N2O2/c1-10-6-7-11(16(22)24)9-23(10)17(25)14-8-13(14)12-4-2-3-5-15(12)18(19,20)21/h2-5,10-11,13-14H,6-9H2,1H3,(H2,22,24). The van der Waals surface area contributed by atoms with Gasteiger partial charge in [-0.3, -0.25) is 9.59 Å². The van der Waals surface area contributed by atoms with Gasteiger partial charge in [-0.25, -0.2) is 0 Å². The molecule has 1 saturated carbocycles. The van der Waals surface area contributed by atoms with Crippen LogP contribution in [0.2, 0.25) is 0 Å². The van der Waals surface area contributed by atoms with E-state index in [-0.39, 0.29) is 30.0 Å². The Bertz CT molecular complexity index is 689. The lowest BCUT2D eigenvalue weighted by Gasteiger charge is -2.37. The van der Waals surface area contributed by atoms with Crippen LogP contribution in [-0.2, 0) is 15.8 Å². The second kappa shape index (κ2) is 6.35. The number of nitrogens with zero attached hydrogens (tertiary/aromatic N) is 1. The molecule has 1 aliphatic carbocycles. The summed E-state index contributed by atoms with van der Waals surface area (Å²) in [6.07, 6.45) is -2.69. The number of carbonyl (C=O) groups is 2. The number of rotatable bonds is 3. The van der Waals surface area contributed by atoms with E-state index in [1.54, 1.807) is 11.0 Å². The SMILES string of the molecule is CC1CCC(C(N)=O)CN1C(=O)C1CC1c1ccccc1C(F)(F)F. The monoisotopic (exact) mass is 354 g/mol. The molecule has 1 heterocycles. The fourth-order valence-electron chi connectivity index (χ4n) is 3.75. The minimum atomic E-state index is -4.43. The highest BCUT2D eigenvalue weighted by Crippen LogP contribution is 2.52. The zero-order valence-corrected chi connectivity index (χ0v) is 13.9. The Kier molecular flexibility index (Phi) is 4.51. The first-order valence-electron chi connectivity index (χ1n) is 8.46. The minimum absolute atomic E-state index is 0.0257. The Labute approximate surface area is 144 Å². The van der Waals surface area contributed by atoms with E-state index in [9.17, 15) is 22.8 Å². The van der Waals surface area contributed by atoms with Crippen molar-refractivity contribution < 1.29 is 22.8 Å². The maximum atomic E-state index is 13.2. The van der Waals surface area contributed by atoms with E-state index in [1.807, 2.05) is 6.92 Å². The second-order valence-electron chi connectivity index (χ2n) is 7.05. The van der Waals surface area contributed by atoms with Crippen LogP contribution in [0.4, 0.5) is 13.2 Å². The lowest BCUT2D eigenvalue weighted by molar-refractivity contribution is -0.140. The van der Waals surface area contributed by atoms with Crippen LogP contribution < -0.4 is 5.73 Å². The lowest BCUT2D eigenvalue weighted by atomic mass is 9.92. The average molecular weight is 354 g/mol. The van der Waals surface area contributed by atoms with Gasteiger partial charge in [-0.15, -0.1) is 0 Å². The molecule has 1 aromatic rings. The summed E-state index contributed by atoms with van der Waals surface area (Å²) in [5.74, 6) is -1.83. The maximum Gasteiger partial charge on any atom is 0.416 e. The van der Waals surface area contributed by atoms with Gasteiger partial charge in [0.15, 0.2) is 0 Å². The number of benzene rings is 1. The fraction of sp³-hybridized carbons (Fsp3) is 0.556. The van der Waals surface area contributed by atoms with Crippen molar-refractivity contribution in [3.8, 4) is 0 Å². The van der Waals surface area contributed by atoms with E-state index in [0.717, 1.165) is 6.07 Å². The highest BCUT2D eigenvalue weighted by molar-refractivity contribution is 5.85. The number of likely N-dealkylation sites (tertiary alicyclic amines) is 1. The smallest absolute Gasteiger partial charge is 0.369 e. The van der Waals surface area contributed by atoms with Gasteiger partial charge in [-0.2, -0.15) is 13.2 Å². The number of hydrogen-bond donors (Lipinski definition) is 1. The number of nitrogens with two attached hydrogens (primary N) is 1. The summed E-state index contributed by atoms with van der Waals surface area (Å²) < 4.78 is 39.5. The molecule has 4 nitrogen and oxygen atoms in total. The summed E-state index contributed by atoms with van der Waals surface area (Å²) in [6, 6.07) is 5.41. The van der Waals surface area contributed by atoms with E-state index in [4.69, 9.17) is 5.73 Å². The molecule has 1 aromatic carbocycles. The fourth-order valence-corrected chi connectivity index (χ4v) is 3.75. The zero-order valence-electron chi connectivity index (χ0n) is 13.9. The molecule has 2 fully saturated rings. The molecule has 7 heteroatoms. The predicted molar refractivity (Wildman–Crippen MR) is 85.4 cm³/mol. The molecular weight excluding hydrogens is 333 g/mol. The molecule has 4 atom stereocenters. The lowest BCUT2D eigenvalue weighted by Crippen LogP contribution is -2.49. The molecule has 1 aliphatic heterocycles. The molecule has 0 radical (unpaired) electrons. The van der Waals surface area contributed by atoms with Crippen LogP contribution in [0.5, 0.6) is 0 Å². The molecule has 0 aromatic heterocycles. The molecule has 2 N–H and O–H groups in total. The normalized spacial score (nSPS) is 29.4. The van der Waals surface area contributed by atoms with Gasteiger partial charge in [0, 0.05) is 18.5 Å². The summed E-state index contributed by atoms with van der Waals surface area (Å²) in [4.78, 5) is 25.8. The van der Waals surface area contributed by atoms with Crippen LogP contribution in [0, 0.1) is 11.8 Å². The van der Waals surface area contributed by atoms with E-state index in [0.29, 0.717) is 19.3 Å². The van der Waals surface area contributed by atoms with Gasteiger partial charge >= 0.3 is 6.18 Å². The molecule has 2 amide bonds. The number of hydrogen-bond acceptors (Lipinski definition) is 2. The van der Waals surface area contributed by atoms with E-state index >= 15 is 0 Å². The van der Waals surface area contributed by atoms with Gasteiger partial charge in [0.2, 0.25) is 11.8 Å². The third-order valence-electron chi connectivity index (χ3n) is 5.34. The number of halogens is 3. The van der Waals surface area contributed by atoms with Crippen molar-refractivity contribution >= 4 is 11.8 Å². The summed E-state index contributed by atoms with van der Waals surface area (Å²) >= 11 is 0. The molecule has 0 bridgehead atoms. The van der Waals surface area contributed by atoms with Crippen molar-refractivity contribution in [2.75, 3.05) is 6.54 Å². The number of alkyl halides is 3. The summed E-state index contributed by atoms with van der Waals surface area (Å²) in [7, 11) is 0. The highest BCUT2D eigenvalue weighted by Gasteiger charge is 2.50. The third kappa shape index (κ3) is 3.50. The van der Waals surface area contributed by atoms with Crippen molar-refractivity contribution in [2.45, 2.75) is 44.3 Å². The Balaban J connectivity index is 1.75. The van der Waals surface area contributed by atoms with Crippen LogP contribution in [0.1, 0.15) is 43.2 Å². The molecule has 136 valence electrons. The van der Waals surface area contributed by atoms with Crippen LogP contribution in [0.15, 0.2) is 24.3 Å². The van der Waals surface area contributed by atoms with Crippen LogP contribution >= 0.6 is 0 Å². The quantitative estimate of drug-likeness (QED) is 0.907. The van der Waals surface area contributed by atoms with Gasteiger partial charge in [0.25, 0.3) is 0 Å². The van der Waals surface area contributed by atoms with E-state index in [1.165, 1.54) is 12.1 Å². The van der Waals surface area contributed by atoms with Gasteiger partial charge in [-0.1, -0.05) is 18.2 Å². The summed E-state index contributed by atoms with van der Waals surface area (Å²) in [5, 5.41) is 0. The van der Waals surface area contributed by atoms with Gasteiger partial charge < -0.3 is 10.6 Å². The number of piperidine rings is 1. The molecule has 25 heavy (non-hydrogen) atoms. The van der Waals surface area contributed by atoms with Crippen molar-refractivity contribution in [1.82, 2.24) is 4.90 Å². The second-order valence-corrected chi connectivity index (χ2v) is 7.05. The third-order valence-corrected chi connectivity index (χ3v) is 5.34. The van der Waals surface area contributed by atoms with Crippen molar-refractivity contribution in [1.29, 1.82) is 0 Å². The number of primary amides is 1. The summed E-state index contributed by atoms with van der Waals surface area (Å²) in [5.41, 5.74) is 4.87. The number of carbonyl (C=O) groups excluding carboxylic acids is 2. The highest BCUT2D eigenvalue weighted by atomic mass is 19.4. The van der Waals surface area contributed by atoms with Crippen LogP contribution in [-0.4, -0.2) is 29.3 Å². The van der Waals surface area contributed by atoms with E-state index < -0.39 is 29.5 Å². The Morgan fingerprint density at radius 3 is 2.52 bits per heavy atom. The first-order chi connectivity index (χ1) is 11.7. The van der Waals surface area contributed by atoms with Crippen molar-refractivity contribution in [2.24, 2.45) is 17.6 Å². The Morgan fingerprint density at radius 1 is 1.20 bits per heavy atom. The van der Waals surface area contributed by atoms with Crippen LogP contribution in [0.25, 0.3) is 0 Å². The molecule has 2 aliphatic rings. The largest absolute Gasteiger partial charge is 0.416 e. The molecule has 4 unspecified atom stereocenters. The van der Waals surface area contributed by atoms with Gasteiger partial charge in [0.1, 0.15) is 0 Å². The Hall–Kier alpha value is -2.05. The van der Waals surface area contributed by atoms with E-state index in [2.05, 4.69) is 0 Å². The minimum Gasteiger partial charge on any atom is -0.369 e. The first-order valence-corrected chi connectivity index (χ1v) is 8.46. The molecule has 3 rings (SSSR count). The first kappa shape index (κ1) is 17.8. The van der Waals surface area contributed by atoms with Crippen molar-refractivity contribution in [3.05, 3.63) is 35.4 Å². The molecular formula is C18H21F3N2O2.